The van der Waals surface area contributed by atoms with Crippen molar-refractivity contribution in [2.45, 2.75) is 13.3 Å². The number of carbonyl (C=O) groups is 1. The quantitative estimate of drug-likeness (QED) is 0.484. The number of amides is 1. The zero-order valence-electron chi connectivity index (χ0n) is 14.9. The Labute approximate surface area is 161 Å². The monoisotopic (exact) mass is 373 g/mol. The van der Waals surface area contributed by atoms with Crippen molar-refractivity contribution in [1.82, 2.24) is 9.38 Å². The minimum Gasteiger partial charge on any atom is -0.323 e. The number of imidazole rings is 1. The van der Waals surface area contributed by atoms with Crippen LogP contribution in [0.1, 0.15) is 18.1 Å². The third-order valence-electron chi connectivity index (χ3n) is 4.36. The van der Waals surface area contributed by atoms with Gasteiger partial charge < -0.3 is 5.32 Å². The number of hydrogen-bond donors (Lipinski definition) is 1. The Kier molecular flexibility index (Phi) is 4.85. The number of aromatic nitrogens is 2. The highest BCUT2D eigenvalue weighted by Gasteiger charge is 2.05. The molecule has 4 rings (SSSR count). The van der Waals surface area contributed by atoms with Gasteiger partial charge in [-0.2, -0.15) is 0 Å². The van der Waals surface area contributed by atoms with Crippen molar-refractivity contribution >= 4 is 34.0 Å². The predicted octanol–water partition coefficient (Wildman–Crippen LogP) is 5.28. The summed E-state index contributed by atoms with van der Waals surface area (Å²) in [5.41, 5.74) is 5.01. The summed E-state index contributed by atoms with van der Waals surface area (Å²) >= 11 is 1.61. The van der Waals surface area contributed by atoms with Gasteiger partial charge in [-0.3, -0.25) is 9.20 Å². The van der Waals surface area contributed by atoms with Crippen LogP contribution in [0, 0.1) is 0 Å². The second-order valence-electron chi connectivity index (χ2n) is 6.21. The average molecular weight is 373 g/mol. The van der Waals surface area contributed by atoms with Gasteiger partial charge in [-0.15, -0.1) is 11.3 Å². The fourth-order valence-electron chi connectivity index (χ4n) is 2.81. The average Bonchev–Trinajstić information content (AvgIpc) is 3.30. The summed E-state index contributed by atoms with van der Waals surface area (Å²) in [4.78, 5) is 17.7. The number of thiazole rings is 1. The number of aryl methyl sites for hydroxylation is 1. The summed E-state index contributed by atoms with van der Waals surface area (Å²) in [6.07, 6.45) is 8.39. The molecule has 27 heavy (non-hydrogen) atoms. The molecule has 1 N–H and O–H groups in total. The maximum Gasteiger partial charge on any atom is 0.248 e. The van der Waals surface area contributed by atoms with E-state index in [0.717, 1.165) is 33.9 Å². The molecule has 4 nitrogen and oxygen atoms in total. The topological polar surface area (TPSA) is 46.4 Å². The molecule has 134 valence electrons. The fraction of sp³-hybridized carbons (Fsp3) is 0.0909. The summed E-state index contributed by atoms with van der Waals surface area (Å²) in [5.74, 6) is -0.148. The van der Waals surface area contributed by atoms with Crippen LogP contribution >= 0.6 is 11.3 Å². The van der Waals surface area contributed by atoms with Gasteiger partial charge in [0.1, 0.15) is 0 Å². The minimum absolute atomic E-state index is 0.148. The molecular weight excluding hydrogens is 354 g/mol. The molecule has 0 radical (unpaired) electrons. The Hall–Kier alpha value is -3.18. The number of nitrogens with zero attached hydrogens (tertiary/aromatic N) is 2. The first-order valence-electron chi connectivity index (χ1n) is 8.82. The minimum atomic E-state index is -0.148. The highest BCUT2D eigenvalue weighted by Crippen LogP contribution is 2.23. The lowest BCUT2D eigenvalue weighted by molar-refractivity contribution is -0.111. The molecule has 2 aromatic heterocycles. The van der Waals surface area contributed by atoms with Crippen molar-refractivity contribution in [1.29, 1.82) is 0 Å². The molecule has 0 aliphatic rings. The number of carbonyl (C=O) groups excluding carboxylic acids is 1. The molecule has 5 heteroatoms. The van der Waals surface area contributed by atoms with Crippen LogP contribution in [-0.4, -0.2) is 15.3 Å². The van der Waals surface area contributed by atoms with E-state index < -0.39 is 0 Å². The molecule has 0 unspecified atom stereocenters. The number of hydrogen-bond acceptors (Lipinski definition) is 3. The van der Waals surface area contributed by atoms with E-state index in [0.29, 0.717) is 0 Å². The van der Waals surface area contributed by atoms with Crippen LogP contribution < -0.4 is 5.32 Å². The van der Waals surface area contributed by atoms with Gasteiger partial charge in [-0.1, -0.05) is 43.3 Å². The second-order valence-corrected chi connectivity index (χ2v) is 7.09. The van der Waals surface area contributed by atoms with E-state index in [1.807, 2.05) is 64.6 Å². The van der Waals surface area contributed by atoms with Gasteiger partial charge >= 0.3 is 0 Å². The Morgan fingerprint density at radius 1 is 1.15 bits per heavy atom. The molecule has 2 aromatic carbocycles. The van der Waals surface area contributed by atoms with Gasteiger partial charge in [0.15, 0.2) is 4.96 Å². The van der Waals surface area contributed by atoms with Crippen molar-refractivity contribution in [3.8, 4) is 11.3 Å². The zero-order valence-corrected chi connectivity index (χ0v) is 15.7. The predicted molar refractivity (Wildman–Crippen MR) is 112 cm³/mol. The first-order valence-corrected chi connectivity index (χ1v) is 9.70. The standard InChI is InChI=1S/C22H19N3OS/c1-2-16-3-5-17(6-4-16)7-12-21(26)23-19-10-8-18(9-11-19)20-15-25-13-14-27-22(25)24-20/h3-15H,2H2,1H3,(H,23,26)/b12-7+. The normalized spacial score (nSPS) is 11.3. The summed E-state index contributed by atoms with van der Waals surface area (Å²) in [6, 6.07) is 15.9. The Bertz CT molecular complexity index is 1060. The second kappa shape index (κ2) is 7.60. The van der Waals surface area contributed by atoms with E-state index in [-0.39, 0.29) is 5.91 Å². The van der Waals surface area contributed by atoms with E-state index in [1.54, 1.807) is 17.4 Å². The fourth-order valence-corrected chi connectivity index (χ4v) is 3.51. The van der Waals surface area contributed by atoms with Crippen LogP contribution in [0.25, 0.3) is 22.3 Å². The first-order chi connectivity index (χ1) is 13.2. The Balaban J connectivity index is 1.40. The third kappa shape index (κ3) is 3.99. The van der Waals surface area contributed by atoms with Gasteiger partial charge in [0, 0.05) is 35.1 Å². The van der Waals surface area contributed by atoms with Crippen molar-refractivity contribution in [3.05, 3.63) is 83.5 Å². The molecule has 0 aliphatic carbocycles. The van der Waals surface area contributed by atoms with E-state index in [9.17, 15) is 4.79 Å². The van der Waals surface area contributed by atoms with Crippen LogP contribution in [0.15, 0.2) is 72.4 Å². The third-order valence-corrected chi connectivity index (χ3v) is 5.13. The van der Waals surface area contributed by atoms with Crippen LogP contribution in [0.2, 0.25) is 0 Å². The lowest BCUT2D eigenvalue weighted by Gasteiger charge is -2.03. The molecule has 0 fully saturated rings. The van der Waals surface area contributed by atoms with E-state index in [4.69, 9.17) is 0 Å². The van der Waals surface area contributed by atoms with Gasteiger partial charge in [0.2, 0.25) is 5.91 Å². The highest BCUT2D eigenvalue weighted by molar-refractivity contribution is 7.15. The van der Waals surface area contributed by atoms with Crippen molar-refractivity contribution in [3.63, 3.8) is 0 Å². The number of nitrogens with one attached hydrogen (secondary N) is 1. The van der Waals surface area contributed by atoms with Crippen molar-refractivity contribution in [2.24, 2.45) is 0 Å². The van der Waals surface area contributed by atoms with Gasteiger partial charge in [0.25, 0.3) is 0 Å². The number of anilines is 1. The summed E-state index contributed by atoms with van der Waals surface area (Å²) in [6.45, 7) is 2.12. The summed E-state index contributed by atoms with van der Waals surface area (Å²) in [7, 11) is 0. The summed E-state index contributed by atoms with van der Waals surface area (Å²) < 4.78 is 2.01. The van der Waals surface area contributed by atoms with Crippen molar-refractivity contribution < 1.29 is 4.79 Å². The van der Waals surface area contributed by atoms with Crippen LogP contribution in [0.4, 0.5) is 5.69 Å². The largest absolute Gasteiger partial charge is 0.323 e. The number of rotatable bonds is 5. The number of benzene rings is 2. The molecular formula is C22H19N3OS. The van der Waals surface area contributed by atoms with Crippen LogP contribution in [-0.2, 0) is 11.2 Å². The van der Waals surface area contributed by atoms with Gasteiger partial charge in [0.05, 0.1) is 5.69 Å². The molecule has 0 aliphatic heterocycles. The first kappa shape index (κ1) is 17.2. The molecule has 0 saturated carbocycles. The molecule has 0 bridgehead atoms. The van der Waals surface area contributed by atoms with Gasteiger partial charge in [-0.05, 0) is 35.8 Å². The van der Waals surface area contributed by atoms with E-state index >= 15 is 0 Å². The van der Waals surface area contributed by atoms with Crippen molar-refractivity contribution in [2.75, 3.05) is 5.32 Å². The van der Waals surface area contributed by atoms with Crippen LogP contribution in [0.3, 0.4) is 0 Å². The molecule has 1 amide bonds. The summed E-state index contributed by atoms with van der Waals surface area (Å²) in [5, 5.41) is 4.90. The molecule has 0 saturated heterocycles. The maximum absolute atomic E-state index is 12.1. The molecule has 0 spiro atoms. The van der Waals surface area contributed by atoms with E-state index in [1.165, 1.54) is 5.56 Å². The SMILES string of the molecule is CCc1ccc(/C=C/C(=O)Nc2ccc(-c3cn4ccsc4n3)cc2)cc1. The van der Waals surface area contributed by atoms with Gasteiger partial charge in [-0.25, -0.2) is 4.98 Å². The Morgan fingerprint density at radius 3 is 2.63 bits per heavy atom. The molecule has 2 heterocycles. The maximum atomic E-state index is 12.1. The molecule has 0 atom stereocenters. The highest BCUT2D eigenvalue weighted by atomic mass is 32.1. The van der Waals surface area contributed by atoms with Crippen LogP contribution in [0.5, 0.6) is 0 Å². The van der Waals surface area contributed by atoms with E-state index in [2.05, 4.69) is 29.4 Å². The molecule has 4 aromatic rings. The lowest BCUT2D eigenvalue weighted by atomic mass is 10.1. The smallest absolute Gasteiger partial charge is 0.248 e. The zero-order chi connectivity index (χ0) is 18.6. The lowest BCUT2D eigenvalue weighted by Crippen LogP contribution is -2.07. The number of fused-ring (bicyclic) bond motifs is 1. The Morgan fingerprint density at radius 2 is 1.93 bits per heavy atom.